The first-order valence-corrected chi connectivity index (χ1v) is 13.5. The minimum atomic E-state index is -0.198. The summed E-state index contributed by atoms with van der Waals surface area (Å²) in [5, 5.41) is 2.29. The summed E-state index contributed by atoms with van der Waals surface area (Å²) in [6.45, 7) is 0.359. The summed E-state index contributed by atoms with van der Waals surface area (Å²) < 4.78 is 12.4. The zero-order valence-corrected chi connectivity index (χ0v) is 21.0. The smallest absolute Gasteiger partial charge is 0.410 e. The highest BCUT2D eigenvalue weighted by Crippen LogP contribution is 2.45. The standard InChI is InChI=1S/C34H27NO3/c36-34(37-20-31-27-10-3-1-8-25(27)26-9-2-4-11-28(26)31)35-22-16-17-23(35)19-21(18-22)24-13-7-14-30-29-12-5-6-15-32(29)38-33(24)30/h1-15,18,22-23,31H,16-17,19-20H2. The third-order valence-corrected chi connectivity index (χ3v) is 8.69. The second-order valence-corrected chi connectivity index (χ2v) is 10.7. The van der Waals surface area contributed by atoms with Crippen LogP contribution in [0.5, 0.6) is 0 Å². The summed E-state index contributed by atoms with van der Waals surface area (Å²) >= 11 is 0. The number of benzene rings is 4. The summed E-state index contributed by atoms with van der Waals surface area (Å²) in [6, 6.07) is 31.7. The zero-order valence-electron chi connectivity index (χ0n) is 21.0. The maximum atomic E-state index is 13.5. The Morgan fingerprint density at radius 2 is 1.47 bits per heavy atom. The number of amides is 1. The molecule has 1 aliphatic carbocycles. The topological polar surface area (TPSA) is 42.7 Å². The molecule has 0 radical (unpaired) electrons. The Kier molecular flexibility index (Phi) is 4.78. The largest absolute Gasteiger partial charge is 0.455 e. The van der Waals surface area contributed by atoms with Crippen molar-refractivity contribution in [3.05, 3.63) is 114 Å². The van der Waals surface area contributed by atoms with Crippen molar-refractivity contribution in [1.29, 1.82) is 0 Å². The van der Waals surface area contributed by atoms with Gasteiger partial charge in [0.05, 0.1) is 6.04 Å². The van der Waals surface area contributed by atoms with Gasteiger partial charge in [0, 0.05) is 28.3 Å². The molecule has 2 bridgehead atoms. The summed E-state index contributed by atoms with van der Waals surface area (Å²) in [5.74, 6) is 0.0746. The molecule has 5 aromatic rings. The molecule has 1 amide bonds. The lowest BCUT2D eigenvalue weighted by Crippen LogP contribution is -2.43. The molecule has 4 heteroatoms. The van der Waals surface area contributed by atoms with Gasteiger partial charge >= 0.3 is 6.09 Å². The van der Waals surface area contributed by atoms with Crippen molar-refractivity contribution >= 4 is 33.6 Å². The van der Waals surface area contributed by atoms with Crippen molar-refractivity contribution in [2.45, 2.75) is 37.3 Å². The Morgan fingerprint density at radius 3 is 2.26 bits per heavy atom. The van der Waals surface area contributed by atoms with Crippen LogP contribution >= 0.6 is 0 Å². The van der Waals surface area contributed by atoms with E-state index >= 15 is 0 Å². The molecule has 0 spiro atoms. The van der Waals surface area contributed by atoms with Crippen LogP contribution in [0.15, 0.2) is 101 Å². The predicted molar refractivity (Wildman–Crippen MR) is 150 cm³/mol. The predicted octanol–water partition coefficient (Wildman–Crippen LogP) is 8.16. The van der Waals surface area contributed by atoms with E-state index in [2.05, 4.69) is 84.9 Å². The van der Waals surface area contributed by atoms with Gasteiger partial charge in [-0.2, -0.15) is 0 Å². The molecular formula is C34H27NO3. The molecule has 8 rings (SSSR count). The Bertz CT molecular complexity index is 1720. The fourth-order valence-electron chi connectivity index (χ4n) is 6.98. The maximum Gasteiger partial charge on any atom is 0.410 e. The van der Waals surface area contributed by atoms with Crippen molar-refractivity contribution in [1.82, 2.24) is 4.90 Å². The summed E-state index contributed by atoms with van der Waals surface area (Å²) in [6.07, 6.45) is 4.85. The van der Waals surface area contributed by atoms with Crippen LogP contribution < -0.4 is 0 Å². The quantitative estimate of drug-likeness (QED) is 0.253. The second-order valence-electron chi connectivity index (χ2n) is 10.7. The maximum absolute atomic E-state index is 13.5. The van der Waals surface area contributed by atoms with Crippen LogP contribution in [0.4, 0.5) is 4.79 Å². The van der Waals surface area contributed by atoms with E-state index in [1.165, 1.54) is 27.8 Å². The highest BCUT2D eigenvalue weighted by Gasteiger charge is 2.41. The van der Waals surface area contributed by atoms with E-state index in [4.69, 9.17) is 9.15 Å². The average molecular weight is 498 g/mol. The van der Waals surface area contributed by atoms with Gasteiger partial charge < -0.3 is 9.15 Å². The van der Waals surface area contributed by atoms with Crippen LogP contribution in [-0.4, -0.2) is 29.7 Å². The first-order valence-electron chi connectivity index (χ1n) is 13.5. The van der Waals surface area contributed by atoms with Gasteiger partial charge in [0.25, 0.3) is 0 Å². The van der Waals surface area contributed by atoms with Crippen LogP contribution in [-0.2, 0) is 4.74 Å². The first kappa shape index (κ1) is 21.7. The summed E-state index contributed by atoms with van der Waals surface area (Å²) in [5.41, 5.74) is 9.23. The summed E-state index contributed by atoms with van der Waals surface area (Å²) in [4.78, 5) is 15.4. The van der Waals surface area contributed by atoms with Crippen molar-refractivity contribution in [2.24, 2.45) is 0 Å². The van der Waals surface area contributed by atoms with Gasteiger partial charge in [-0.1, -0.05) is 91.0 Å². The molecule has 38 heavy (non-hydrogen) atoms. The number of nitrogens with zero attached hydrogens (tertiary/aromatic N) is 1. The van der Waals surface area contributed by atoms with Crippen LogP contribution in [0.25, 0.3) is 38.6 Å². The normalized spacial score (nSPS) is 20.0. The zero-order chi connectivity index (χ0) is 25.2. The average Bonchev–Trinajstić information content (AvgIpc) is 3.59. The van der Waals surface area contributed by atoms with Gasteiger partial charge in [-0.25, -0.2) is 4.79 Å². The van der Waals surface area contributed by atoms with Gasteiger partial charge in [0.1, 0.15) is 17.8 Å². The van der Waals surface area contributed by atoms with Crippen LogP contribution in [0.3, 0.4) is 0 Å². The number of ether oxygens (including phenoxy) is 1. The highest BCUT2D eigenvalue weighted by molar-refractivity contribution is 6.08. The van der Waals surface area contributed by atoms with E-state index in [0.717, 1.165) is 46.8 Å². The monoisotopic (exact) mass is 497 g/mol. The highest BCUT2D eigenvalue weighted by atomic mass is 16.6. The number of hydrogen-bond donors (Lipinski definition) is 0. The molecule has 1 saturated heterocycles. The van der Waals surface area contributed by atoms with Gasteiger partial charge in [0.15, 0.2) is 0 Å². The molecule has 0 saturated carbocycles. The number of rotatable bonds is 3. The number of carbonyl (C=O) groups excluding carboxylic acids is 1. The number of hydrogen-bond acceptors (Lipinski definition) is 3. The molecule has 2 atom stereocenters. The SMILES string of the molecule is O=C(OCC1c2ccccc2-c2ccccc21)N1C2C=C(c3cccc4c3oc3ccccc34)CC1CC2. The van der Waals surface area contributed by atoms with Gasteiger partial charge in [0.2, 0.25) is 0 Å². The van der Waals surface area contributed by atoms with E-state index in [1.54, 1.807) is 0 Å². The number of carbonyl (C=O) groups is 1. The van der Waals surface area contributed by atoms with Crippen LogP contribution in [0.2, 0.25) is 0 Å². The van der Waals surface area contributed by atoms with E-state index in [9.17, 15) is 4.79 Å². The lowest BCUT2D eigenvalue weighted by molar-refractivity contribution is 0.0867. The first-order chi connectivity index (χ1) is 18.8. The lowest BCUT2D eigenvalue weighted by atomic mass is 9.93. The van der Waals surface area contributed by atoms with Crippen LogP contribution in [0.1, 0.15) is 41.9 Å². The number of fused-ring (bicyclic) bond motifs is 8. The Labute approximate surface area is 221 Å². The van der Waals surface area contributed by atoms with Crippen molar-refractivity contribution in [3.8, 4) is 11.1 Å². The molecule has 2 aliphatic heterocycles. The fourth-order valence-corrected chi connectivity index (χ4v) is 6.98. The Morgan fingerprint density at radius 1 is 0.789 bits per heavy atom. The number of para-hydroxylation sites is 2. The Hall–Kier alpha value is -4.31. The minimum absolute atomic E-state index is 0.0547. The van der Waals surface area contributed by atoms with Crippen LogP contribution in [0, 0.1) is 0 Å². The van der Waals surface area contributed by atoms with Crippen molar-refractivity contribution in [3.63, 3.8) is 0 Å². The fraction of sp³-hybridized carbons (Fsp3) is 0.206. The van der Waals surface area contributed by atoms with Gasteiger partial charge in [-0.3, -0.25) is 4.90 Å². The molecular weight excluding hydrogens is 470 g/mol. The molecule has 4 nitrogen and oxygen atoms in total. The molecule has 1 fully saturated rings. The minimum Gasteiger partial charge on any atom is -0.455 e. The van der Waals surface area contributed by atoms with Crippen molar-refractivity contribution < 1.29 is 13.9 Å². The van der Waals surface area contributed by atoms with Gasteiger partial charge in [-0.05, 0) is 53.2 Å². The van der Waals surface area contributed by atoms with E-state index in [1.807, 2.05) is 17.0 Å². The number of furan rings is 1. The molecule has 3 aliphatic rings. The third-order valence-electron chi connectivity index (χ3n) is 8.69. The second kappa shape index (κ2) is 8.35. The molecule has 3 heterocycles. The molecule has 1 aromatic heterocycles. The van der Waals surface area contributed by atoms with E-state index < -0.39 is 0 Å². The summed E-state index contributed by atoms with van der Waals surface area (Å²) in [7, 11) is 0. The molecule has 186 valence electrons. The lowest BCUT2D eigenvalue weighted by Gasteiger charge is -2.33. The van der Waals surface area contributed by atoms with E-state index in [-0.39, 0.29) is 24.1 Å². The van der Waals surface area contributed by atoms with E-state index in [0.29, 0.717) is 6.61 Å². The van der Waals surface area contributed by atoms with Gasteiger partial charge in [-0.15, -0.1) is 0 Å². The molecule has 4 aromatic carbocycles. The third kappa shape index (κ3) is 3.19. The molecule has 2 unspecified atom stereocenters. The van der Waals surface area contributed by atoms with Crippen molar-refractivity contribution in [2.75, 3.05) is 6.61 Å². The Balaban J connectivity index is 1.06. The molecule has 0 N–H and O–H groups in total.